The van der Waals surface area contributed by atoms with Crippen LogP contribution in [0, 0.1) is 12.7 Å². The average molecular weight is 358 g/mol. The van der Waals surface area contributed by atoms with Crippen molar-refractivity contribution in [3.05, 3.63) is 58.1 Å². The summed E-state index contributed by atoms with van der Waals surface area (Å²) in [5, 5.41) is 0. The van der Waals surface area contributed by atoms with Gasteiger partial charge in [-0.15, -0.1) is 0 Å². The molecule has 130 valence electrons. The molecule has 1 heterocycles. The van der Waals surface area contributed by atoms with Crippen molar-refractivity contribution in [3.8, 4) is 5.75 Å². The Bertz CT molecular complexity index is 1000. The van der Waals surface area contributed by atoms with Gasteiger partial charge in [0.25, 0.3) is 5.91 Å². The van der Waals surface area contributed by atoms with Gasteiger partial charge in [-0.05, 0) is 38.1 Å². The lowest BCUT2D eigenvalue weighted by Gasteiger charge is -2.07. The number of carbonyl (C=O) groups excluding carboxylic acids is 1. The lowest BCUT2D eigenvalue weighted by molar-refractivity contribution is -0.117. The molecule has 0 bridgehead atoms. The summed E-state index contributed by atoms with van der Waals surface area (Å²) < 4.78 is 21.5. The van der Waals surface area contributed by atoms with Crippen LogP contribution in [0.1, 0.15) is 18.1 Å². The Labute approximate surface area is 149 Å². The van der Waals surface area contributed by atoms with E-state index in [4.69, 9.17) is 4.74 Å². The minimum absolute atomic E-state index is 0.164. The van der Waals surface area contributed by atoms with Crippen LogP contribution in [0.5, 0.6) is 5.75 Å². The van der Waals surface area contributed by atoms with Crippen molar-refractivity contribution in [1.29, 1.82) is 0 Å². The van der Waals surface area contributed by atoms with Crippen molar-refractivity contribution in [3.63, 3.8) is 0 Å². The van der Waals surface area contributed by atoms with Crippen LogP contribution in [0.3, 0.4) is 0 Å². The number of carbonyl (C=O) groups is 1. The number of aryl methyl sites for hydroxylation is 2. The maximum absolute atomic E-state index is 13.4. The number of aromatic nitrogens is 1. The van der Waals surface area contributed by atoms with E-state index >= 15 is 0 Å². The summed E-state index contributed by atoms with van der Waals surface area (Å²) in [5.41, 5.74) is 2.75. The van der Waals surface area contributed by atoms with Crippen LogP contribution in [0.25, 0.3) is 10.2 Å². The van der Waals surface area contributed by atoms with E-state index in [2.05, 4.69) is 4.99 Å². The van der Waals surface area contributed by atoms with E-state index in [0.717, 1.165) is 21.3 Å². The number of hydrogen-bond acceptors (Lipinski definition) is 3. The third-order valence-electron chi connectivity index (χ3n) is 3.96. The zero-order chi connectivity index (χ0) is 18.0. The standard InChI is InChI=1S/C19H19FN2O2S/c1-4-22-15-7-6-14(20)11-17(15)25-19(22)21-18(23)10-13-9-12(2)5-8-16(13)24-3/h5-9,11H,4,10H2,1-3H3. The molecule has 0 saturated carbocycles. The van der Waals surface area contributed by atoms with Gasteiger partial charge in [-0.3, -0.25) is 4.79 Å². The lowest BCUT2D eigenvalue weighted by atomic mass is 10.1. The fourth-order valence-electron chi connectivity index (χ4n) is 2.79. The molecule has 1 amide bonds. The van der Waals surface area contributed by atoms with Gasteiger partial charge in [0.05, 0.1) is 23.7 Å². The normalized spacial score (nSPS) is 11.9. The van der Waals surface area contributed by atoms with Crippen LogP contribution < -0.4 is 9.54 Å². The Kier molecular flexibility index (Phi) is 4.99. The van der Waals surface area contributed by atoms with Crippen LogP contribution in [0.15, 0.2) is 41.4 Å². The average Bonchev–Trinajstić information content (AvgIpc) is 2.90. The number of rotatable bonds is 4. The molecule has 6 heteroatoms. The Morgan fingerprint density at radius 1 is 1.28 bits per heavy atom. The Morgan fingerprint density at radius 2 is 2.08 bits per heavy atom. The monoisotopic (exact) mass is 358 g/mol. The van der Waals surface area contributed by atoms with E-state index in [1.54, 1.807) is 13.2 Å². The number of benzene rings is 2. The summed E-state index contributed by atoms with van der Waals surface area (Å²) >= 11 is 1.32. The highest BCUT2D eigenvalue weighted by Gasteiger charge is 2.11. The number of ether oxygens (including phenoxy) is 1. The summed E-state index contributed by atoms with van der Waals surface area (Å²) in [6.45, 7) is 4.60. The minimum atomic E-state index is -0.292. The van der Waals surface area contributed by atoms with Gasteiger partial charge in [-0.25, -0.2) is 4.39 Å². The molecule has 3 rings (SSSR count). The first-order valence-corrected chi connectivity index (χ1v) is 8.83. The number of methoxy groups -OCH3 is 1. The molecular formula is C19H19FN2O2S. The smallest absolute Gasteiger partial charge is 0.252 e. The molecular weight excluding hydrogens is 339 g/mol. The van der Waals surface area contributed by atoms with Gasteiger partial charge < -0.3 is 9.30 Å². The zero-order valence-corrected chi connectivity index (χ0v) is 15.2. The number of halogens is 1. The highest BCUT2D eigenvalue weighted by atomic mass is 32.1. The Balaban J connectivity index is 1.99. The summed E-state index contributed by atoms with van der Waals surface area (Å²) in [6.07, 6.45) is 0.164. The van der Waals surface area contributed by atoms with Gasteiger partial charge in [0.2, 0.25) is 0 Å². The molecule has 0 N–H and O–H groups in total. The van der Waals surface area contributed by atoms with Crippen molar-refractivity contribution >= 4 is 27.5 Å². The second-order valence-electron chi connectivity index (χ2n) is 5.74. The van der Waals surface area contributed by atoms with Gasteiger partial charge in [0.1, 0.15) is 11.6 Å². The summed E-state index contributed by atoms with van der Waals surface area (Å²) in [7, 11) is 1.58. The predicted octanol–water partition coefficient (Wildman–Crippen LogP) is 3.85. The van der Waals surface area contributed by atoms with Gasteiger partial charge >= 0.3 is 0 Å². The molecule has 4 nitrogen and oxygen atoms in total. The van der Waals surface area contributed by atoms with E-state index in [0.29, 0.717) is 17.1 Å². The van der Waals surface area contributed by atoms with E-state index < -0.39 is 0 Å². The van der Waals surface area contributed by atoms with Gasteiger partial charge in [-0.2, -0.15) is 4.99 Å². The van der Waals surface area contributed by atoms with Crippen molar-refractivity contribution < 1.29 is 13.9 Å². The number of hydrogen-bond donors (Lipinski definition) is 0. The first-order valence-electron chi connectivity index (χ1n) is 8.01. The fraction of sp³-hybridized carbons (Fsp3) is 0.263. The topological polar surface area (TPSA) is 43.6 Å². The number of thiazole rings is 1. The molecule has 1 aromatic heterocycles. The SMILES string of the molecule is CCn1c(=NC(=O)Cc2cc(C)ccc2OC)sc2cc(F)ccc21. The molecule has 2 aromatic carbocycles. The van der Waals surface area contributed by atoms with E-state index in [9.17, 15) is 9.18 Å². The molecule has 0 aliphatic rings. The molecule has 25 heavy (non-hydrogen) atoms. The van der Waals surface area contributed by atoms with Crippen LogP contribution >= 0.6 is 11.3 Å². The third-order valence-corrected chi connectivity index (χ3v) is 5.00. The first-order chi connectivity index (χ1) is 12.0. The second-order valence-corrected chi connectivity index (χ2v) is 6.75. The first kappa shape index (κ1) is 17.4. The zero-order valence-electron chi connectivity index (χ0n) is 14.4. The van der Waals surface area contributed by atoms with E-state index in [1.165, 1.54) is 23.5 Å². The van der Waals surface area contributed by atoms with Crippen LogP contribution in [0.2, 0.25) is 0 Å². The minimum Gasteiger partial charge on any atom is -0.496 e. The molecule has 0 atom stereocenters. The Morgan fingerprint density at radius 3 is 2.80 bits per heavy atom. The molecule has 0 unspecified atom stereocenters. The molecule has 0 saturated heterocycles. The number of amides is 1. The third kappa shape index (κ3) is 3.64. The van der Waals surface area contributed by atoms with E-state index in [-0.39, 0.29) is 18.1 Å². The van der Waals surface area contributed by atoms with Gasteiger partial charge in [-0.1, -0.05) is 29.0 Å². The number of fused-ring (bicyclic) bond motifs is 1. The quantitative estimate of drug-likeness (QED) is 0.711. The predicted molar refractivity (Wildman–Crippen MR) is 97.5 cm³/mol. The van der Waals surface area contributed by atoms with Crippen molar-refractivity contribution in [2.24, 2.45) is 4.99 Å². The highest BCUT2D eigenvalue weighted by molar-refractivity contribution is 7.16. The fourth-order valence-corrected chi connectivity index (χ4v) is 3.93. The molecule has 0 aliphatic heterocycles. The Hall–Kier alpha value is -2.47. The molecule has 0 fully saturated rings. The molecule has 3 aromatic rings. The molecule has 0 radical (unpaired) electrons. The van der Waals surface area contributed by atoms with E-state index in [1.807, 2.05) is 36.6 Å². The maximum Gasteiger partial charge on any atom is 0.252 e. The molecule has 0 spiro atoms. The summed E-state index contributed by atoms with van der Waals surface area (Å²) in [4.78, 5) is 17.3. The second kappa shape index (κ2) is 7.19. The van der Waals surface area contributed by atoms with Crippen LogP contribution in [-0.2, 0) is 17.8 Å². The number of nitrogens with zero attached hydrogens (tertiary/aromatic N) is 2. The van der Waals surface area contributed by atoms with Gasteiger partial charge in [0, 0.05) is 12.1 Å². The van der Waals surface area contributed by atoms with Crippen molar-refractivity contribution in [1.82, 2.24) is 4.57 Å². The van der Waals surface area contributed by atoms with Gasteiger partial charge in [0.15, 0.2) is 4.80 Å². The van der Waals surface area contributed by atoms with Crippen LogP contribution in [-0.4, -0.2) is 17.6 Å². The highest BCUT2D eigenvalue weighted by Crippen LogP contribution is 2.21. The summed E-state index contributed by atoms with van der Waals surface area (Å²) in [5.74, 6) is 0.133. The lowest BCUT2D eigenvalue weighted by Crippen LogP contribution is -2.16. The largest absolute Gasteiger partial charge is 0.496 e. The summed E-state index contributed by atoms with van der Waals surface area (Å²) in [6, 6.07) is 10.3. The maximum atomic E-state index is 13.4. The molecule has 0 aliphatic carbocycles. The van der Waals surface area contributed by atoms with Crippen molar-refractivity contribution in [2.45, 2.75) is 26.8 Å². The van der Waals surface area contributed by atoms with Crippen molar-refractivity contribution in [2.75, 3.05) is 7.11 Å². The van der Waals surface area contributed by atoms with Crippen LogP contribution in [0.4, 0.5) is 4.39 Å².